The smallest absolute Gasteiger partial charge is 0.414 e. The van der Waals surface area contributed by atoms with E-state index in [-0.39, 0.29) is 18.0 Å². The normalized spacial score (nSPS) is 22.4. The lowest BCUT2D eigenvalue weighted by Crippen LogP contribution is -2.27. The SMILES string of the molecule is NC[C@H]1CN(c2ccc3c(c2)C(=O)CCCC3)C(=O)O1. The predicted molar refractivity (Wildman–Crippen MR) is 75.0 cm³/mol. The van der Waals surface area contributed by atoms with E-state index >= 15 is 0 Å². The molecule has 0 radical (unpaired) electrons. The van der Waals surface area contributed by atoms with Gasteiger partial charge in [0.15, 0.2) is 5.78 Å². The predicted octanol–water partition coefficient (Wildman–Crippen LogP) is 1.88. The molecular formula is C15H18N2O3. The van der Waals surface area contributed by atoms with Crippen LogP contribution in [0, 0.1) is 0 Å². The van der Waals surface area contributed by atoms with Crippen molar-refractivity contribution >= 4 is 17.6 Å². The first-order chi connectivity index (χ1) is 9.69. The van der Waals surface area contributed by atoms with Crippen molar-refractivity contribution in [2.45, 2.75) is 31.8 Å². The lowest BCUT2D eigenvalue weighted by molar-refractivity contribution is 0.0982. The number of benzene rings is 1. The largest absolute Gasteiger partial charge is 0.443 e. The second-order valence-electron chi connectivity index (χ2n) is 5.32. The molecule has 1 fully saturated rings. The number of nitrogens with zero attached hydrogens (tertiary/aromatic N) is 1. The summed E-state index contributed by atoms with van der Waals surface area (Å²) in [5, 5.41) is 0. The van der Waals surface area contributed by atoms with Gasteiger partial charge in [0.25, 0.3) is 0 Å². The first kappa shape index (κ1) is 13.1. The van der Waals surface area contributed by atoms with Gasteiger partial charge in [-0.3, -0.25) is 9.69 Å². The molecule has 2 aliphatic rings. The summed E-state index contributed by atoms with van der Waals surface area (Å²) >= 11 is 0. The minimum absolute atomic E-state index is 0.169. The highest BCUT2D eigenvalue weighted by atomic mass is 16.6. The van der Waals surface area contributed by atoms with Crippen molar-refractivity contribution in [3.05, 3.63) is 29.3 Å². The molecule has 0 saturated carbocycles. The Morgan fingerprint density at radius 1 is 1.25 bits per heavy atom. The van der Waals surface area contributed by atoms with Crippen molar-refractivity contribution in [1.29, 1.82) is 0 Å². The minimum atomic E-state index is -0.388. The molecule has 5 heteroatoms. The van der Waals surface area contributed by atoms with E-state index in [0.29, 0.717) is 19.5 Å². The van der Waals surface area contributed by atoms with Gasteiger partial charge in [-0.05, 0) is 37.0 Å². The van der Waals surface area contributed by atoms with Crippen LogP contribution in [0.1, 0.15) is 35.2 Å². The van der Waals surface area contributed by atoms with E-state index in [1.807, 2.05) is 18.2 Å². The highest BCUT2D eigenvalue weighted by molar-refractivity contribution is 6.00. The number of rotatable bonds is 2. The Labute approximate surface area is 117 Å². The molecule has 1 aromatic carbocycles. The molecule has 1 aromatic rings. The number of ether oxygens (including phenoxy) is 1. The molecule has 3 rings (SSSR count). The number of aryl methyl sites for hydroxylation is 1. The van der Waals surface area contributed by atoms with Crippen LogP contribution in [0.3, 0.4) is 0 Å². The van der Waals surface area contributed by atoms with Gasteiger partial charge in [0, 0.05) is 24.2 Å². The number of fused-ring (bicyclic) bond motifs is 1. The lowest BCUT2D eigenvalue weighted by atomic mass is 10.0. The number of hydrogen-bond acceptors (Lipinski definition) is 4. The van der Waals surface area contributed by atoms with Crippen LogP contribution in [0.15, 0.2) is 18.2 Å². The quantitative estimate of drug-likeness (QED) is 0.836. The lowest BCUT2D eigenvalue weighted by Gasteiger charge is -2.15. The van der Waals surface area contributed by atoms with Crippen molar-refractivity contribution in [3.8, 4) is 0 Å². The van der Waals surface area contributed by atoms with E-state index in [1.54, 1.807) is 4.90 Å². The van der Waals surface area contributed by atoms with Crippen molar-refractivity contribution in [1.82, 2.24) is 0 Å². The second-order valence-corrected chi connectivity index (χ2v) is 5.32. The first-order valence-electron chi connectivity index (χ1n) is 7.03. The van der Waals surface area contributed by atoms with Gasteiger partial charge in [0.2, 0.25) is 0 Å². The van der Waals surface area contributed by atoms with Gasteiger partial charge in [-0.2, -0.15) is 0 Å². The van der Waals surface area contributed by atoms with Gasteiger partial charge in [-0.1, -0.05) is 6.07 Å². The fraction of sp³-hybridized carbons (Fsp3) is 0.467. The van der Waals surface area contributed by atoms with Gasteiger partial charge in [-0.25, -0.2) is 4.79 Å². The van der Waals surface area contributed by atoms with Crippen LogP contribution >= 0.6 is 0 Å². The fourth-order valence-electron chi connectivity index (χ4n) is 2.80. The van der Waals surface area contributed by atoms with Gasteiger partial charge < -0.3 is 10.5 Å². The molecular weight excluding hydrogens is 256 g/mol. The Bertz CT molecular complexity index is 556. The molecule has 2 N–H and O–H groups in total. The van der Waals surface area contributed by atoms with E-state index < -0.39 is 0 Å². The standard InChI is InChI=1S/C15H18N2O3/c16-8-12-9-17(15(19)20-12)11-6-5-10-3-1-2-4-14(18)13(10)7-11/h5-7,12H,1-4,8-9,16H2/t12-/m0/s1. The maximum atomic E-state index is 12.1. The summed E-state index contributed by atoms with van der Waals surface area (Å²) in [6, 6.07) is 5.66. The third-order valence-corrected chi connectivity index (χ3v) is 3.94. The van der Waals surface area contributed by atoms with Crippen molar-refractivity contribution in [3.63, 3.8) is 0 Å². The summed E-state index contributed by atoms with van der Waals surface area (Å²) in [7, 11) is 0. The summed E-state index contributed by atoms with van der Waals surface area (Å²) < 4.78 is 5.15. The number of amides is 1. The Balaban J connectivity index is 1.92. The number of Topliss-reactive ketones (excluding diaryl/α,β-unsaturated/α-hetero) is 1. The molecule has 0 spiro atoms. The van der Waals surface area contributed by atoms with Gasteiger partial charge in [0.1, 0.15) is 6.10 Å². The number of anilines is 1. The molecule has 0 bridgehead atoms. The van der Waals surface area contributed by atoms with Crippen LogP contribution < -0.4 is 10.6 Å². The second kappa shape index (κ2) is 5.25. The monoisotopic (exact) mass is 274 g/mol. The molecule has 1 aliphatic heterocycles. The average molecular weight is 274 g/mol. The third-order valence-electron chi connectivity index (χ3n) is 3.94. The molecule has 20 heavy (non-hydrogen) atoms. The Hall–Kier alpha value is -1.88. The van der Waals surface area contributed by atoms with Crippen LogP contribution in [0.5, 0.6) is 0 Å². The van der Waals surface area contributed by atoms with Crippen molar-refractivity contribution in [2.75, 3.05) is 18.0 Å². The topological polar surface area (TPSA) is 72.6 Å². The molecule has 1 saturated heterocycles. The highest BCUT2D eigenvalue weighted by Gasteiger charge is 2.32. The summed E-state index contributed by atoms with van der Waals surface area (Å²) in [5.74, 6) is 0.169. The number of nitrogens with two attached hydrogens (primary N) is 1. The molecule has 0 aromatic heterocycles. The zero-order valence-electron chi connectivity index (χ0n) is 11.3. The number of hydrogen-bond donors (Lipinski definition) is 1. The van der Waals surface area contributed by atoms with E-state index in [0.717, 1.165) is 36.1 Å². The third kappa shape index (κ3) is 2.29. The first-order valence-corrected chi connectivity index (χ1v) is 7.03. The van der Waals surface area contributed by atoms with Crippen LogP contribution in [0.25, 0.3) is 0 Å². The molecule has 1 atom stereocenters. The maximum Gasteiger partial charge on any atom is 0.414 e. The highest BCUT2D eigenvalue weighted by Crippen LogP contribution is 2.28. The van der Waals surface area contributed by atoms with Crippen molar-refractivity contribution < 1.29 is 14.3 Å². The van der Waals surface area contributed by atoms with Crippen LogP contribution in [-0.4, -0.2) is 31.1 Å². The van der Waals surface area contributed by atoms with E-state index in [9.17, 15) is 9.59 Å². The molecule has 1 heterocycles. The molecule has 1 aliphatic carbocycles. The fourth-order valence-corrected chi connectivity index (χ4v) is 2.80. The molecule has 106 valence electrons. The van der Waals surface area contributed by atoms with Crippen LogP contribution in [0.4, 0.5) is 10.5 Å². The van der Waals surface area contributed by atoms with E-state index in [1.165, 1.54) is 0 Å². The maximum absolute atomic E-state index is 12.1. The Morgan fingerprint density at radius 3 is 2.80 bits per heavy atom. The van der Waals surface area contributed by atoms with Crippen LogP contribution in [0.2, 0.25) is 0 Å². The summed E-state index contributed by atoms with van der Waals surface area (Å²) in [6.45, 7) is 0.758. The summed E-state index contributed by atoms with van der Waals surface area (Å²) in [6.07, 6.45) is 2.84. The molecule has 0 unspecified atom stereocenters. The summed E-state index contributed by atoms with van der Waals surface area (Å²) in [5.41, 5.74) is 8.09. The van der Waals surface area contributed by atoms with Gasteiger partial charge in [-0.15, -0.1) is 0 Å². The summed E-state index contributed by atoms with van der Waals surface area (Å²) in [4.78, 5) is 25.5. The zero-order valence-corrected chi connectivity index (χ0v) is 11.3. The number of carbonyl (C=O) groups is 2. The van der Waals surface area contributed by atoms with Gasteiger partial charge in [0.05, 0.1) is 6.54 Å². The van der Waals surface area contributed by atoms with E-state index in [4.69, 9.17) is 10.5 Å². The van der Waals surface area contributed by atoms with E-state index in [2.05, 4.69) is 0 Å². The van der Waals surface area contributed by atoms with Crippen LogP contribution in [-0.2, 0) is 11.2 Å². The van der Waals surface area contributed by atoms with Gasteiger partial charge >= 0.3 is 6.09 Å². The zero-order chi connectivity index (χ0) is 14.1. The van der Waals surface area contributed by atoms with Crippen molar-refractivity contribution in [2.24, 2.45) is 5.73 Å². The number of cyclic esters (lactones) is 1. The molecule has 1 amide bonds. The number of ketones is 1. The Morgan fingerprint density at radius 2 is 2.05 bits per heavy atom. The Kier molecular flexibility index (Phi) is 3.44. The number of carbonyl (C=O) groups excluding carboxylic acids is 2. The minimum Gasteiger partial charge on any atom is -0.443 e. The average Bonchev–Trinajstić information content (AvgIpc) is 2.74. The molecule has 5 nitrogen and oxygen atoms in total.